The van der Waals surface area contributed by atoms with Gasteiger partial charge < -0.3 is 5.11 Å². The molecule has 6 nitrogen and oxygen atoms in total. The Morgan fingerprint density at radius 3 is 2.27 bits per heavy atom. The van der Waals surface area contributed by atoms with E-state index in [9.17, 15) is 9.59 Å². The number of carbonyl (C=O) groups is 2. The quantitative estimate of drug-likeness (QED) is 0.442. The molecule has 64 valence electrons. The molecular weight excluding hydrogens is 154 g/mol. The highest BCUT2D eigenvalue weighted by molar-refractivity contribution is 5.79. The van der Waals surface area contributed by atoms with Crippen molar-refractivity contribution in [3.8, 4) is 0 Å². The maximum Gasteiger partial charge on any atom is 0.407 e. The molecule has 6 heteroatoms. The van der Waals surface area contributed by atoms with E-state index >= 15 is 0 Å². The third-order valence-corrected chi connectivity index (χ3v) is 1.31. The summed E-state index contributed by atoms with van der Waals surface area (Å²) < 4.78 is 0. The van der Waals surface area contributed by atoms with Crippen LogP contribution < -0.4 is 0 Å². The van der Waals surface area contributed by atoms with Crippen molar-refractivity contribution in [3.63, 3.8) is 0 Å². The van der Waals surface area contributed by atoms with Crippen LogP contribution in [0.5, 0.6) is 0 Å². The van der Waals surface area contributed by atoms with Crippen molar-refractivity contribution in [2.75, 3.05) is 7.05 Å². The van der Waals surface area contributed by atoms with Crippen molar-refractivity contribution < 1.29 is 24.8 Å². The van der Waals surface area contributed by atoms with E-state index in [0.717, 1.165) is 4.90 Å². The molecule has 1 atom stereocenters. The molecule has 0 aliphatic carbocycles. The minimum Gasteiger partial charge on any atom is -0.465 e. The third kappa shape index (κ3) is 2.42. The molecule has 0 spiro atoms. The molecule has 0 aromatic rings. The summed E-state index contributed by atoms with van der Waals surface area (Å²) in [5.74, 6) is -1.00. The zero-order valence-corrected chi connectivity index (χ0v) is 6.14. The van der Waals surface area contributed by atoms with Gasteiger partial charge in [-0.1, -0.05) is 0 Å². The fourth-order valence-electron chi connectivity index (χ4n) is 0.400. The monoisotopic (exact) mass is 163 g/mol. The van der Waals surface area contributed by atoms with E-state index in [4.69, 9.17) is 10.4 Å². The highest BCUT2D eigenvalue weighted by Crippen LogP contribution is 1.97. The van der Waals surface area contributed by atoms with Crippen LogP contribution in [0.4, 0.5) is 4.79 Å². The highest BCUT2D eigenvalue weighted by atomic mass is 17.1. The summed E-state index contributed by atoms with van der Waals surface area (Å²) in [4.78, 5) is 24.7. The van der Waals surface area contributed by atoms with Crippen molar-refractivity contribution in [2.45, 2.75) is 13.0 Å². The first-order valence-electron chi connectivity index (χ1n) is 2.81. The summed E-state index contributed by atoms with van der Waals surface area (Å²) >= 11 is 0. The minimum atomic E-state index is -1.26. The predicted octanol–water partition coefficient (Wildman–Crippen LogP) is 0.000900. The predicted molar refractivity (Wildman–Crippen MR) is 34.0 cm³/mol. The van der Waals surface area contributed by atoms with Gasteiger partial charge in [0, 0.05) is 7.05 Å². The van der Waals surface area contributed by atoms with E-state index < -0.39 is 18.1 Å². The van der Waals surface area contributed by atoms with E-state index in [2.05, 4.69) is 4.89 Å². The van der Waals surface area contributed by atoms with Crippen LogP contribution >= 0.6 is 0 Å². The van der Waals surface area contributed by atoms with Crippen LogP contribution in [-0.4, -0.2) is 40.4 Å². The van der Waals surface area contributed by atoms with Gasteiger partial charge >= 0.3 is 12.1 Å². The lowest BCUT2D eigenvalue weighted by atomic mass is 10.3. The van der Waals surface area contributed by atoms with Crippen LogP contribution in [-0.2, 0) is 9.68 Å². The van der Waals surface area contributed by atoms with E-state index in [1.807, 2.05) is 0 Å². The van der Waals surface area contributed by atoms with Crippen molar-refractivity contribution >= 4 is 12.1 Å². The van der Waals surface area contributed by atoms with Gasteiger partial charge in [-0.25, -0.2) is 9.59 Å². The van der Waals surface area contributed by atoms with Crippen LogP contribution in [0.3, 0.4) is 0 Å². The number of nitrogens with zero attached hydrogens (tertiary/aromatic N) is 1. The molecule has 0 fully saturated rings. The van der Waals surface area contributed by atoms with Crippen LogP contribution in [0.1, 0.15) is 6.92 Å². The molecule has 0 rings (SSSR count). The Morgan fingerprint density at radius 2 is 2.00 bits per heavy atom. The Bertz CT molecular complexity index is 168. The average Bonchev–Trinajstić information content (AvgIpc) is 2.00. The van der Waals surface area contributed by atoms with E-state index in [1.54, 1.807) is 0 Å². The lowest BCUT2D eigenvalue weighted by Crippen LogP contribution is -2.40. The number of rotatable bonds is 2. The zero-order valence-electron chi connectivity index (χ0n) is 6.14. The lowest BCUT2D eigenvalue weighted by molar-refractivity contribution is -0.238. The SMILES string of the molecule is CC(C(=O)OO)N(C)C(=O)O. The summed E-state index contributed by atoms with van der Waals surface area (Å²) in [6.45, 7) is 1.30. The standard InChI is InChI=1S/C5H9NO5/c1-3(4(7)11-10)6(2)5(8)9/h3,10H,1-2H3,(H,8,9). The second kappa shape index (κ2) is 3.77. The smallest absolute Gasteiger partial charge is 0.407 e. The zero-order chi connectivity index (χ0) is 9.02. The summed E-state index contributed by atoms with van der Waals surface area (Å²) in [6.07, 6.45) is -1.26. The van der Waals surface area contributed by atoms with Crippen molar-refractivity contribution in [1.82, 2.24) is 4.90 Å². The molecule has 1 amide bonds. The minimum absolute atomic E-state index is 0.721. The Balaban J connectivity index is 4.12. The number of amides is 1. The van der Waals surface area contributed by atoms with Gasteiger partial charge in [0.25, 0.3) is 0 Å². The molecule has 0 bridgehead atoms. The molecule has 11 heavy (non-hydrogen) atoms. The second-order valence-electron chi connectivity index (χ2n) is 1.98. The Kier molecular flexibility index (Phi) is 3.32. The maximum atomic E-state index is 10.5. The summed E-state index contributed by atoms with van der Waals surface area (Å²) in [7, 11) is 1.20. The van der Waals surface area contributed by atoms with Crippen molar-refractivity contribution in [2.24, 2.45) is 0 Å². The Labute approximate surface area is 62.9 Å². The number of carboxylic acid groups (broad SMARTS) is 1. The van der Waals surface area contributed by atoms with Crippen LogP contribution in [0.25, 0.3) is 0 Å². The molecule has 0 saturated heterocycles. The maximum absolute atomic E-state index is 10.5. The molecule has 0 saturated carbocycles. The normalized spacial score (nSPS) is 11.9. The van der Waals surface area contributed by atoms with Gasteiger partial charge in [0.2, 0.25) is 0 Å². The summed E-state index contributed by atoms with van der Waals surface area (Å²) in [5.41, 5.74) is 0. The van der Waals surface area contributed by atoms with Gasteiger partial charge in [-0.15, -0.1) is 0 Å². The average molecular weight is 163 g/mol. The topological polar surface area (TPSA) is 87.1 Å². The van der Waals surface area contributed by atoms with Gasteiger partial charge in [0.05, 0.1) is 0 Å². The third-order valence-electron chi connectivity index (χ3n) is 1.31. The second-order valence-corrected chi connectivity index (χ2v) is 1.98. The van der Waals surface area contributed by atoms with E-state index in [0.29, 0.717) is 0 Å². The molecule has 0 aromatic carbocycles. The van der Waals surface area contributed by atoms with Crippen LogP contribution in [0, 0.1) is 0 Å². The first-order chi connectivity index (χ1) is 5.00. The van der Waals surface area contributed by atoms with Gasteiger partial charge in [0.1, 0.15) is 6.04 Å². The summed E-state index contributed by atoms with van der Waals surface area (Å²) in [6, 6.07) is -1.00. The Hall–Kier alpha value is -1.30. The summed E-state index contributed by atoms with van der Waals surface area (Å²) in [5, 5.41) is 16.2. The molecule has 0 heterocycles. The molecule has 0 aliphatic heterocycles. The number of carbonyl (C=O) groups excluding carboxylic acids is 1. The van der Waals surface area contributed by atoms with Gasteiger partial charge in [-0.3, -0.25) is 9.79 Å². The molecule has 2 N–H and O–H groups in total. The van der Waals surface area contributed by atoms with Crippen molar-refractivity contribution in [3.05, 3.63) is 0 Å². The number of hydrogen-bond acceptors (Lipinski definition) is 4. The van der Waals surface area contributed by atoms with E-state index in [-0.39, 0.29) is 0 Å². The lowest BCUT2D eigenvalue weighted by Gasteiger charge is -2.17. The fourth-order valence-corrected chi connectivity index (χ4v) is 0.400. The molecule has 0 radical (unpaired) electrons. The molecular formula is C5H9NO5. The fraction of sp³-hybridized carbons (Fsp3) is 0.600. The van der Waals surface area contributed by atoms with Gasteiger partial charge in [-0.05, 0) is 6.92 Å². The van der Waals surface area contributed by atoms with Gasteiger partial charge in [0.15, 0.2) is 0 Å². The van der Waals surface area contributed by atoms with Crippen LogP contribution in [0.2, 0.25) is 0 Å². The van der Waals surface area contributed by atoms with Crippen LogP contribution in [0.15, 0.2) is 0 Å². The molecule has 0 aromatic heterocycles. The number of likely N-dealkylation sites (N-methyl/N-ethyl adjacent to an activating group) is 1. The van der Waals surface area contributed by atoms with Gasteiger partial charge in [-0.2, -0.15) is 5.26 Å². The largest absolute Gasteiger partial charge is 0.465 e. The van der Waals surface area contributed by atoms with E-state index in [1.165, 1.54) is 14.0 Å². The Morgan fingerprint density at radius 1 is 1.55 bits per heavy atom. The van der Waals surface area contributed by atoms with Crippen molar-refractivity contribution in [1.29, 1.82) is 0 Å². The molecule has 0 aliphatic rings. The first-order valence-corrected chi connectivity index (χ1v) is 2.81. The number of hydrogen-bond donors (Lipinski definition) is 2. The first kappa shape index (κ1) is 9.70. The molecule has 1 unspecified atom stereocenters. The highest BCUT2D eigenvalue weighted by Gasteiger charge is 2.23.